The van der Waals surface area contributed by atoms with Crippen LogP contribution in [0.25, 0.3) is 0 Å². The zero-order chi connectivity index (χ0) is 16.2. The van der Waals surface area contributed by atoms with Crippen LogP contribution in [0.1, 0.15) is 6.42 Å². The Morgan fingerprint density at radius 3 is 1.52 bits per heavy atom. The topological polar surface area (TPSA) is 133 Å². The molecule has 9 N–H and O–H groups in total. The monoisotopic (exact) mass is 322 g/mol. The first-order valence-corrected chi connectivity index (χ1v) is 9.99. The summed E-state index contributed by atoms with van der Waals surface area (Å²) in [4.78, 5) is 0. The second-order valence-corrected chi connectivity index (χ2v) is 8.68. The summed E-state index contributed by atoms with van der Waals surface area (Å²) in [5.41, 5.74) is 16.9. The van der Waals surface area contributed by atoms with E-state index in [4.69, 9.17) is 26.1 Å². The molecule has 0 aromatic heterocycles. The molecule has 0 saturated heterocycles. The highest BCUT2D eigenvalue weighted by molar-refractivity contribution is 6.65. The summed E-state index contributed by atoms with van der Waals surface area (Å²) in [5, 5.41) is 10.3. The molecule has 0 amide bonds. The molecule has 0 aromatic carbocycles. The number of hydrogen-bond acceptors (Lipinski definition) is 8. The van der Waals surface area contributed by atoms with Crippen molar-refractivity contribution in [1.82, 2.24) is 16.0 Å². The lowest BCUT2D eigenvalue weighted by Crippen LogP contribution is -2.68. The van der Waals surface area contributed by atoms with Crippen LogP contribution in [0.5, 0.6) is 0 Å². The highest BCUT2D eigenvalue weighted by Crippen LogP contribution is 2.18. The molecule has 8 nitrogen and oxygen atoms in total. The predicted octanol–water partition coefficient (Wildman–Crippen LogP) is -1.96. The lowest BCUT2D eigenvalue weighted by molar-refractivity contribution is 0.181. The van der Waals surface area contributed by atoms with Crippen molar-refractivity contribution in [2.45, 2.75) is 24.8 Å². The minimum atomic E-state index is -2.14. The van der Waals surface area contributed by atoms with Crippen LogP contribution in [0.3, 0.4) is 0 Å². The molecule has 0 heterocycles. The maximum absolute atomic E-state index is 5.62. The van der Waals surface area contributed by atoms with Crippen LogP contribution in [0.2, 0.25) is 12.6 Å². The van der Waals surface area contributed by atoms with E-state index in [1.54, 1.807) is 14.2 Å². The first-order valence-electron chi connectivity index (χ1n) is 7.47. The third kappa shape index (κ3) is 8.19. The Hall–Kier alpha value is -0.103. The summed E-state index contributed by atoms with van der Waals surface area (Å²) < 4.78 is 11.1. The van der Waals surface area contributed by atoms with Gasteiger partial charge >= 0.3 is 8.56 Å². The van der Waals surface area contributed by atoms with E-state index in [0.29, 0.717) is 39.3 Å². The van der Waals surface area contributed by atoms with Crippen molar-refractivity contribution < 1.29 is 8.85 Å². The second-order valence-electron chi connectivity index (χ2n) is 5.09. The predicted molar refractivity (Wildman–Crippen MR) is 89.0 cm³/mol. The summed E-state index contributed by atoms with van der Waals surface area (Å²) in [6.07, 6.45) is 0.789. The van der Waals surface area contributed by atoms with Gasteiger partial charge < -0.3 is 26.1 Å². The molecule has 0 aliphatic heterocycles. The molecule has 0 aromatic rings. The molecule has 0 rings (SSSR count). The van der Waals surface area contributed by atoms with Gasteiger partial charge in [-0.2, -0.15) is 0 Å². The normalized spacial score (nSPS) is 12.9. The summed E-state index contributed by atoms with van der Waals surface area (Å²) in [6, 6.07) is 0.826. The van der Waals surface area contributed by atoms with Crippen molar-refractivity contribution in [2.24, 2.45) is 17.2 Å². The van der Waals surface area contributed by atoms with E-state index < -0.39 is 14.3 Å². The van der Waals surface area contributed by atoms with Gasteiger partial charge in [0, 0.05) is 53.5 Å². The molecule has 0 bridgehead atoms. The van der Waals surface area contributed by atoms with Gasteiger partial charge in [-0.05, 0) is 19.0 Å². The number of rotatable bonds is 14. The Bertz CT molecular complexity index is 234. The van der Waals surface area contributed by atoms with Gasteiger partial charge in [-0.25, -0.2) is 0 Å². The lowest BCUT2D eigenvalue weighted by atomic mass is 10.2. The standard InChI is InChI=1S/C12H34N6O2Si/c1-19-21(3,20-2)11-4-12(16-8-5-13,17-9-6-14)18-10-7-15/h16-18H,4-11,13-15H2,1-3H3. The minimum absolute atomic E-state index is 0.455. The third-order valence-corrected chi connectivity index (χ3v) is 6.42. The molecule has 21 heavy (non-hydrogen) atoms. The second kappa shape index (κ2) is 11.5. The zero-order valence-corrected chi connectivity index (χ0v) is 14.7. The number of nitrogens with one attached hydrogen (secondary N) is 3. The van der Waals surface area contributed by atoms with Crippen molar-refractivity contribution in [2.75, 3.05) is 53.5 Å². The highest BCUT2D eigenvalue weighted by atomic mass is 28.4. The number of nitrogens with two attached hydrogens (primary N) is 3. The third-order valence-electron chi connectivity index (χ3n) is 3.53. The Morgan fingerprint density at radius 2 is 1.24 bits per heavy atom. The summed E-state index contributed by atoms with van der Waals surface area (Å²) in [6.45, 7) is 5.78. The largest absolute Gasteiger partial charge is 0.398 e. The molecular weight excluding hydrogens is 288 g/mol. The maximum atomic E-state index is 5.62. The molecular formula is C12H34N6O2Si. The lowest BCUT2D eigenvalue weighted by Gasteiger charge is -2.39. The smallest absolute Gasteiger partial charge is 0.334 e. The van der Waals surface area contributed by atoms with Crippen LogP contribution < -0.4 is 33.2 Å². The maximum Gasteiger partial charge on any atom is 0.334 e. The average Bonchev–Trinajstić information content (AvgIpc) is 2.53. The SMILES string of the molecule is CO[Si](C)(CCC(NCCN)(NCCN)NCCN)OC. The Kier molecular flexibility index (Phi) is 11.4. The molecule has 0 fully saturated rings. The highest BCUT2D eigenvalue weighted by Gasteiger charge is 2.35. The molecule has 0 aliphatic carbocycles. The average molecular weight is 323 g/mol. The van der Waals surface area contributed by atoms with Crippen LogP contribution in [0.15, 0.2) is 0 Å². The molecule has 0 atom stereocenters. The first-order chi connectivity index (χ1) is 10.0. The molecule has 0 saturated carbocycles. The Morgan fingerprint density at radius 1 is 0.857 bits per heavy atom. The number of hydrogen-bond donors (Lipinski definition) is 6. The van der Waals surface area contributed by atoms with Gasteiger partial charge in [-0.3, -0.25) is 16.0 Å². The van der Waals surface area contributed by atoms with Crippen molar-refractivity contribution in [3.05, 3.63) is 0 Å². The first kappa shape index (κ1) is 20.9. The van der Waals surface area contributed by atoms with Crippen molar-refractivity contribution in [3.8, 4) is 0 Å². The van der Waals surface area contributed by atoms with Crippen LogP contribution >= 0.6 is 0 Å². The molecule has 0 aliphatic rings. The van der Waals surface area contributed by atoms with Crippen molar-refractivity contribution >= 4 is 8.56 Å². The van der Waals surface area contributed by atoms with Crippen molar-refractivity contribution in [3.63, 3.8) is 0 Å². The van der Waals surface area contributed by atoms with Gasteiger partial charge in [-0.1, -0.05) is 0 Å². The summed E-state index contributed by atoms with van der Waals surface area (Å²) in [5.74, 6) is -0.455. The fraction of sp³-hybridized carbons (Fsp3) is 1.00. The van der Waals surface area contributed by atoms with Gasteiger partial charge in [0.2, 0.25) is 0 Å². The summed E-state index contributed by atoms with van der Waals surface area (Å²) in [7, 11) is 1.26. The van der Waals surface area contributed by atoms with E-state index >= 15 is 0 Å². The zero-order valence-electron chi connectivity index (χ0n) is 13.7. The van der Waals surface area contributed by atoms with E-state index in [-0.39, 0.29) is 0 Å². The van der Waals surface area contributed by atoms with E-state index in [1.165, 1.54) is 0 Å². The van der Waals surface area contributed by atoms with Crippen LogP contribution in [-0.4, -0.2) is 67.8 Å². The fourth-order valence-electron chi connectivity index (χ4n) is 2.01. The van der Waals surface area contributed by atoms with Gasteiger partial charge in [0.15, 0.2) is 0 Å². The minimum Gasteiger partial charge on any atom is -0.398 e. The molecule has 128 valence electrons. The Labute approximate surface area is 129 Å². The Balaban J connectivity index is 4.84. The van der Waals surface area contributed by atoms with Crippen molar-refractivity contribution in [1.29, 1.82) is 0 Å². The molecule has 0 spiro atoms. The quantitative estimate of drug-likeness (QED) is 0.160. The van der Waals surface area contributed by atoms with Gasteiger partial charge in [0.1, 0.15) is 5.79 Å². The molecule has 9 heteroatoms. The van der Waals surface area contributed by atoms with E-state index in [2.05, 4.69) is 16.0 Å². The van der Waals surface area contributed by atoms with Crippen LogP contribution in [0.4, 0.5) is 0 Å². The van der Waals surface area contributed by atoms with Gasteiger partial charge in [0.25, 0.3) is 0 Å². The van der Waals surface area contributed by atoms with Crippen LogP contribution in [-0.2, 0) is 8.85 Å². The molecule has 0 unspecified atom stereocenters. The molecule has 0 radical (unpaired) electrons. The summed E-state index contributed by atoms with van der Waals surface area (Å²) >= 11 is 0. The van der Waals surface area contributed by atoms with Crippen LogP contribution in [0, 0.1) is 0 Å². The van der Waals surface area contributed by atoms with Gasteiger partial charge in [0.05, 0.1) is 0 Å². The van der Waals surface area contributed by atoms with E-state index in [0.717, 1.165) is 12.5 Å². The fourth-order valence-corrected chi connectivity index (χ4v) is 3.42. The van der Waals surface area contributed by atoms with E-state index in [9.17, 15) is 0 Å². The van der Waals surface area contributed by atoms with E-state index in [1.807, 2.05) is 6.55 Å². The van der Waals surface area contributed by atoms with Gasteiger partial charge in [-0.15, -0.1) is 0 Å².